The maximum absolute atomic E-state index is 13.3. The van der Waals surface area contributed by atoms with Crippen molar-refractivity contribution in [2.75, 3.05) is 39.3 Å². The van der Waals surface area contributed by atoms with Gasteiger partial charge < -0.3 is 15.2 Å². The first-order chi connectivity index (χ1) is 8.75. The van der Waals surface area contributed by atoms with E-state index in [-0.39, 0.29) is 12.4 Å². The zero-order chi connectivity index (χ0) is 12.8. The van der Waals surface area contributed by atoms with E-state index < -0.39 is 11.9 Å². The summed E-state index contributed by atoms with van der Waals surface area (Å²) in [7, 11) is 0. The smallest absolute Gasteiger partial charge is 0.165 e. The third-order valence-corrected chi connectivity index (χ3v) is 2.95. The molecule has 0 saturated carbocycles. The van der Waals surface area contributed by atoms with E-state index in [0.717, 1.165) is 26.2 Å². The van der Waals surface area contributed by atoms with Crippen LogP contribution in [0.25, 0.3) is 0 Å². The Bertz CT molecular complexity index is 370. The van der Waals surface area contributed by atoms with E-state index in [4.69, 9.17) is 4.74 Å². The third kappa shape index (κ3) is 3.94. The molecule has 0 aliphatic carbocycles. The fourth-order valence-corrected chi connectivity index (χ4v) is 1.99. The number of piperazine rings is 1. The molecule has 2 rings (SSSR count). The largest absolute Gasteiger partial charge is 0.488 e. The monoisotopic (exact) mass is 254 g/mol. The minimum Gasteiger partial charge on any atom is -0.488 e. The number of para-hydroxylation sites is 1. The van der Waals surface area contributed by atoms with Crippen LogP contribution in [0.15, 0.2) is 24.3 Å². The summed E-state index contributed by atoms with van der Waals surface area (Å²) in [6.07, 6.45) is -0.595. The van der Waals surface area contributed by atoms with Gasteiger partial charge >= 0.3 is 0 Å². The molecule has 0 amide bonds. The Morgan fingerprint density at radius 3 is 2.78 bits per heavy atom. The van der Waals surface area contributed by atoms with E-state index in [1.165, 1.54) is 6.07 Å². The summed E-state index contributed by atoms with van der Waals surface area (Å²) >= 11 is 0. The number of nitrogens with one attached hydrogen (secondary N) is 1. The number of aliphatic hydroxyl groups is 1. The molecule has 4 nitrogen and oxygen atoms in total. The van der Waals surface area contributed by atoms with Gasteiger partial charge in [0.15, 0.2) is 11.6 Å². The normalized spacial score (nSPS) is 18.6. The van der Waals surface area contributed by atoms with Gasteiger partial charge in [-0.05, 0) is 12.1 Å². The lowest BCUT2D eigenvalue weighted by Crippen LogP contribution is -2.47. The van der Waals surface area contributed by atoms with Crippen molar-refractivity contribution >= 4 is 0 Å². The van der Waals surface area contributed by atoms with Gasteiger partial charge in [0.25, 0.3) is 0 Å². The highest BCUT2D eigenvalue weighted by atomic mass is 19.1. The average Bonchev–Trinajstić information content (AvgIpc) is 2.39. The van der Waals surface area contributed by atoms with Gasteiger partial charge in [0.1, 0.15) is 12.7 Å². The second kappa shape index (κ2) is 6.68. The summed E-state index contributed by atoms with van der Waals surface area (Å²) in [6, 6.07) is 6.23. The highest BCUT2D eigenvalue weighted by Gasteiger charge is 2.15. The minimum atomic E-state index is -0.595. The first-order valence-corrected chi connectivity index (χ1v) is 6.24. The van der Waals surface area contributed by atoms with E-state index in [9.17, 15) is 9.50 Å². The van der Waals surface area contributed by atoms with Crippen LogP contribution in [0.1, 0.15) is 0 Å². The molecule has 1 aromatic carbocycles. The molecular formula is C13H19FN2O2. The summed E-state index contributed by atoms with van der Waals surface area (Å²) < 4.78 is 18.5. The average molecular weight is 254 g/mol. The van der Waals surface area contributed by atoms with Crippen LogP contribution in [0.4, 0.5) is 4.39 Å². The van der Waals surface area contributed by atoms with E-state index >= 15 is 0 Å². The van der Waals surface area contributed by atoms with Crippen LogP contribution in [-0.4, -0.2) is 55.4 Å². The molecule has 0 unspecified atom stereocenters. The Kier molecular flexibility index (Phi) is 4.92. The number of benzene rings is 1. The minimum absolute atomic E-state index is 0.116. The van der Waals surface area contributed by atoms with Crippen molar-refractivity contribution in [2.24, 2.45) is 0 Å². The van der Waals surface area contributed by atoms with Gasteiger partial charge in [-0.25, -0.2) is 4.39 Å². The quantitative estimate of drug-likeness (QED) is 0.802. The predicted molar refractivity (Wildman–Crippen MR) is 67.2 cm³/mol. The molecule has 0 radical (unpaired) electrons. The van der Waals surface area contributed by atoms with E-state index in [1.807, 2.05) is 0 Å². The van der Waals surface area contributed by atoms with Crippen molar-refractivity contribution in [1.29, 1.82) is 0 Å². The van der Waals surface area contributed by atoms with Crippen LogP contribution >= 0.6 is 0 Å². The molecule has 5 heteroatoms. The lowest BCUT2D eigenvalue weighted by atomic mass is 10.3. The number of halogens is 1. The molecule has 1 saturated heterocycles. The van der Waals surface area contributed by atoms with Crippen molar-refractivity contribution < 1.29 is 14.2 Å². The fourth-order valence-electron chi connectivity index (χ4n) is 1.99. The Morgan fingerprint density at radius 1 is 1.33 bits per heavy atom. The number of aliphatic hydroxyl groups excluding tert-OH is 1. The molecule has 0 spiro atoms. The second-order valence-corrected chi connectivity index (χ2v) is 4.45. The molecule has 0 aromatic heterocycles. The van der Waals surface area contributed by atoms with Gasteiger partial charge in [-0.3, -0.25) is 4.90 Å². The summed E-state index contributed by atoms with van der Waals surface area (Å²) in [4.78, 5) is 2.17. The molecular weight excluding hydrogens is 235 g/mol. The summed E-state index contributed by atoms with van der Waals surface area (Å²) in [5, 5.41) is 13.1. The first-order valence-electron chi connectivity index (χ1n) is 6.24. The van der Waals surface area contributed by atoms with Crippen LogP contribution in [0.5, 0.6) is 5.75 Å². The molecule has 2 N–H and O–H groups in total. The lowest BCUT2D eigenvalue weighted by Gasteiger charge is -2.29. The maximum Gasteiger partial charge on any atom is 0.165 e. The molecule has 100 valence electrons. The Balaban J connectivity index is 1.74. The van der Waals surface area contributed by atoms with Crippen molar-refractivity contribution in [3.05, 3.63) is 30.1 Å². The van der Waals surface area contributed by atoms with Gasteiger partial charge in [0, 0.05) is 32.7 Å². The fraction of sp³-hybridized carbons (Fsp3) is 0.538. The van der Waals surface area contributed by atoms with Crippen LogP contribution in [0.2, 0.25) is 0 Å². The highest BCUT2D eigenvalue weighted by Crippen LogP contribution is 2.15. The van der Waals surface area contributed by atoms with Crippen molar-refractivity contribution in [1.82, 2.24) is 10.2 Å². The molecule has 1 atom stereocenters. The Morgan fingerprint density at radius 2 is 2.06 bits per heavy atom. The third-order valence-electron chi connectivity index (χ3n) is 2.95. The highest BCUT2D eigenvalue weighted by molar-refractivity contribution is 5.23. The molecule has 1 aromatic rings. The number of nitrogens with zero attached hydrogens (tertiary/aromatic N) is 1. The van der Waals surface area contributed by atoms with Gasteiger partial charge in [-0.2, -0.15) is 0 Å². The Hall–Kier alpha value is -1.17. The number of hydrogen-bond donors (Lipinski definition) is 2. The van der Waals surface area contributed by atoms with Crippen LogP contribution < -0.4 is 10.1 Å². The lowest BCUT2D eigenvalue weighted by molar-refractivity contribution is 0.0628. The standard InChI is InChI=1S/C13H19FN2O2/c14-12-3-1-2-4-13(12)18-10-11(17)9-16-7-5-15-6-8-16/h1-4,11,15,17H,5-10H2/t11-/m1/s1. The summed E-state index contributed by atoms with van der Waals surface area (Å²) in [5.74, 6) is -0.205. The number of hydrogen-bond acceptors (Lipinski definition) is 4. The van der Waals surface area contributed by atoms with Crippen LogP contribution in [0.3, 0.4) is 0 Å². The van der Waals surface area contributed by atoms with Crippen LogP contribution in [-0.2, 0) is 0 Å². The second-order valence-electron chi connectivity index (χ2n) is 4.45. The first kappa shape index (κ1) is 13.3. The predicted octanol–water partition coefficient (Wildman–Crippen LogP) is 0.471. The van der Waals surface area contributed by atoms with Gasteiger partial charge in [-0.1, -0.05) is 12.1 Å². The van der Waals surface area contributed by atoms with Gasteiger partial charge in [0.05, 0.1) is 0 Å². The number of rotatable bonds is 5. The molecule has 1 aliphatic rings. The van der Waals surface area contributed by atoms with Crippen molar-refractivity contribution in [2.45, 2.75) is 6.10 Å². The van der Waals surface area contributed by atoms with E-state index in [2.05, 4.69) is 10.2 Å². The molecule has 18 heavy (non-hydrogen) atoms. The summed E-state index contributed by atoms with van der Waals surface area (Å²) in [5.41, 5.74) is 0. The molecule has 1 heterocycles. The van der Waals surface area contributed by atoms with E-state index in [1.54, 1.807) is 18.2 Å². The van der Waals surface area contributed by atoms with Gasteiger partial charge in [0.2, 0.25) is 0 Å². The Labute approximate surface area is 106 Å². The SMILES string of the molecule is O[C@@H](COc1ccccc1F)CN1CCNCC1. The van der Waals surface area contributed by atoms with Crippen molar-refractivity contribution in [3.63, 3.8) is 0 Å². The molecule has 0 bridgehead atoms. The zero-order valence-corrected chi connectivity index (χ0v) is 10.3. The number of ether oxygens (including phenoxy) is 1. The van der Waals surface area contributed by atoms with E-state index in [0.29, 0.717) is 6.54 Å². The molecule has 1 fully saturated rings. The topological polar surface area (TPSA) is 44.7 Å². The zero-order valence-electron chi connectivity index (χ0n) is 10.3. The van der Waals surface area contributed by atoms with Crippen LogP contribution in [0, 0.1) is 5.82 Å². The number of β-amino-alcohol motifs (C(OH)–C–C–N with tert-alkyl or cyclic N) is 1. The summed E-state index contributed by atoms with van der Waals surface area (Å²) in [6.45, 7) is 4.43. The maximum atomic E-state index is 13.3. The molecule has 1 aliphatic heterocycles. The van der Waals surface area contributed by atoms with Gasteiger partial charge in [-0.15, -0.1) is 0 Å². The van der Waals surface area contributed by atoms with Crippen molar-refractivity contribution in [3.8, 4) is 5.75 Å².